The molecular weight excluding hydrogens is 340 g/mol. The molecule has 0 saturated heterocycles. The largest absolute Gasteiger partial charge is 0.493 e. The van der Waals surface area contributed by atoms with E-state index in [0.717, 1.165) is 6.26 Å². The molecule has 1 aromatic carbocycles. The van der Waals surface area contributed by atoms with Gasteiger partial charge in [-0.05, 0) is 36.8 Å². The van der Waals surface area contributed by atoms with E-state index in [1.54, 1.807) is 31.2 Å². The van der Waals surface area contributed by atoms with Crippen LogP contribution in [0.4, 0.5) is 0 Å². The monoisotopic (exact) mass is 354 g/mol. The van der Waals surface area contributed by atoms with Gasteiger partial charge in [0.1, 0.15) is 0 Å². The lowest BCUT2D eigenvalue weighted by molar-refractivity contribution is 0.433. The number of nitriles is 1. The second kappa shape index (κ2) is 6.03. The first-order chi connectivity index (χ1) is 11.8. The zero-order chi connectivity index (χ0) is 18.2. The Morgan fingerprint density at radius 3 is 2.36 bits per heavy atom. The van der Waals surface area contributed by atoms with Crippen LogP contribution in [0.3, 0.4) is 0 Å². The molecule has 8 heteroatoms. The summed E-state index contributed by atoms with van der Waals surface area (Å²) in [4.78, 5) is 4.16. The molecule has 126 valence electrons. The molecule has 0 spiro atoms. The number of aromatic hydroxyl groups is 1. The number of aryl methyl sites for hydroxylation is 1. The maximum absolute atomic E-state index is 11.5. The normalized spacial score (nSPS) is 11.2. The maximum Gasteiger partial charge on any atom is 0.223 e. The van der Waals surface area contributed by atoms with Gasteiger partial charge in [0, 0.05) is 12.5 Å². The Balaban J connectivity index is 2.06. The van der Waals surface area contributed by atoms with Crippen molar-refractivity contribution in [3.63, 3.8) is 0 Å². The van der Waals surface area contributed by atoms with E-state index in [-0.39, 0.29) is 10.8 Å². The number of sulfone groups is 1. The van der Waals surface area contributed by atoms with Crippen LogP contribution in [-0.2, 0) is 9.84 Å². The molecule has 0 aliphatic carbocycles. The van der Waals surface area contributed by atoms with Gasteiger partial charge in [-0.3, -0.25) is 0 Å². The van der Waals surface area contributed by atoms with Gasteiger partial charge in [0.05, 0.1) is 27.8 Å². The first-order valence-electron chi connectivity index (χ1n) is 7.27. The minimum atomic E-state index is -3.35. The molecule has 2 aromatic heterocycles. The van der Waals surface area contributed by atoms with Crippen molar-refractivity contribution >= 4 is 9.84 Å². The van der Waals surface area contributed by atoms with Crippen LogP contribution in [0.1, 0.15) is 11.3 Å². The lowest BCUT2D eigenvalue weighted by Crippen LogP contribution is -2.02. The van der Waals surface area contributed by atoms with Gasteiger partial charge in [0.25, 0.3) is 0 Å². The molecule has 0 radical (unpaired) electrons. The molecule has 3 rings (SSSR count). The van der Waals surface area contributed by atoms with Crippen molar-refractivity contribution in [2.24, 2.45) is 0 Å². The third kappa shape index (κ3) is 3.09. The van der Waals surface area contributed by atoms with Crippen LogP contribution < -0.4 is 0 Å². The number of rotatable bonds is 3. The molecule has 0 aliphatic rings. The molecule has 0 bridgehead atoms. The highest BCUT2D eigenvalue weighted by Crippen LogP contribution is 2.33. The van der Waals surface area contributed by atoms with Crippen molar-refractivity contribution in [2.45, 2.75) is 11.8 Å². The highest BCUT2D eigenvalue weighted by Gasteiger charge is 2.18. The standard InChI is InChI=1S/C17H14N4O3S/c1-11-16(13-5-3-12(9-18)4-6-13)17(22)21(20-11)15-8-7-14(10-19-15)25(2,23)24/h3-8,10,22H,1-2H3. The zero-order valence-corrected chi connectivity index (χ0v) is 14.3. The zero-order valence-electron chi connectivity index (χ0n) is 13.5. The third-order valence-corrected chi connectivity index (χ3v) is 4.80. The van der Waals surface area contributed by atoms with E-state index in [4.69, 9.17) is 5.26 Å². The summed E-state index contributed by atoms with van der Waals surface area (Å²) < 4.78 is 24.3. The van der Waals surface area contributed by atoms with E-state index in [2.05, 4.69) is 10.1 Å². The van der Waals surface area contributed by atoms with Gasteiger partial charge in [0.2, 0.25) is 5.88 Å². The van der Waals surface area contributed by atoms with Gasteiger partial charge in [-0.25, -0.2) is 13.4 Å². The van der Waals surface area contributed by atoms with Crippen LogP contribution in [-0.4, -0.2) is 34.5 Å². The Morgan fingerprint density at radius 2 is 1.84 bits per heavy atom. The summed E-state index contributed by atoms with van der Waals surface area (Å²) in [5, 5.41) is 23.7. The summed E-state index contributed by atoms with van der Waals surface area (Å²) in [7, 11) is -3.35. The molecule has 0 amide bonds. The smallest absolute Gasteiger partial charge is 0.223 e. The topological polar surface area (TPSA) is 109 Å². The molecule has 3 aromatic rings. The highest BCUT2D eigenvalue weighted by molar-refractivity contribution is 7.90. The Kier molecular flexibility index (Phi) is 4.02. The molecule has 1 N–H and O–H groups in total. The number of aromatic nitrogens is 3. The third-order valence-electron chi connectivity index (χ3n) is 3.70. The molecule has 2 heterocycles. The molecule has 0 aliphatic heterocycles. The van der Waals surface area contributed by atoms with Crippen LogP contribution in [0.2, 0.25) is 0 Å². The van der Waals surface area contributed by atoms with Gasteiger partial charge in [-0.2, -0.15) is 15.0 Å². The van der Waals surface area contributed by atoms with Crippen molar-refractivity contribution in [2.75, 3.05) is 6.26 Å². The van der Waals surface area contributed by atoms with Gasteiger partial charge in [-0.1, -0.05) is 12.1 Å². The van der Waals surface area contributed by atoms with Crippen molar-refractivity contribution in [3.05, 3.63) is 53.9 Å². The fourth-order valence-corrected chi connectivity index (χ4v) is 3.00. The summed E-state index contributed by atoms with van der Waals surface area (Å²) in [6.07, 6.45) is 2.32. The van der Waals surface area contributed by atoms with Gasteiger partial charge >= 0.3 is 0 Å². The Hall–Kier alpha value is -3.18. The lowest BCUT2D eigenvalue weighted by Gasteiger charge is -2.04. The van der Waals surface area contributed by atoms with Crippen LogP contribution in [0.15, 0.2) is 47.5 Å². The van der Waals surface area contributed by atoms with Gasteiger partial charge in [0.15, 0.2) is 15.7 Å². The van der Waals surface area contributed by atoms with Crippen LogP contribution in [0.5, 0.6) is 5.88 Å². The predicted octanol–water partition coefficient (Wildman–Crippen LogP) is 2.22. The minimum Gasteiger partial charge on any atom is -0.493 e. The van der Waals surface area contributed by atoms with Crippen molar-refractivity contribution in [1.29, 1.82) is 5.26 Å². The van der Waals surface area contributed by atoms with Crippen LogP contribution in [0, 0.1) is 18.3 Å². The van der Waals surface area contributed by atoms with E-state index in [1.807, 2.05) is 6.07 Å². The number of hydrogen-bond acceptors (Lipinski definition) is 6. The Bertz CT molecular complexity index is 1080. The fraction of sp³-hybridized carbons (Fsp3) is 0.118. The van der Waals surface area contributed by atoms with E-state index in [1.165, 1.54) is 23.0 Å². The second-order valence-electron chi connectivity index (χ2n) is 5.51. The second-order valence-corrected chi connectivity index (χ2v) is 7.52. The lowest BCUT2D eigenvalue weighted by atomic mass is 10.0. The summed E-state index contributed by atoms with van der Waals surface area (Å²) in [5.74, 6) is 0.190. The minimum absolute atomic E-state index is 0.0898. The number of benzene rings is 1. The summed E-state index contributed by atoms with van der Waals surface area (Å²) in [6, 6.07) is 11.7. The van der Waals surface area contributed by atoms with E-state index in [0.29, 0.717) is 28.2 Å². The van der Waals surface area contributed by atoms with E-state index in [9.17, 15) is 13.5 Å². The highest BCUT2D eigenvalue weighted by atomic mass is 32.2. The van der Waals surface area contributed by atoms with Crippen molar-refractivity contribution in [3.8, 4) is 28.9 Å². The summed E-state index contributed by atoms with van der Waals surface area (Å²) >= 11 is 0. The van der Waals surface area contributed by atoms with Crippen LogP contribution in [0.25, 0.3) is 16.9 Å². The van der Waals surface area contributed by atoms with Crippen molar-refractivity contribution in [1.82, 2.24) is 14.8 Å². The quantitative estimate of drug-likeness (QED) is 0.772. The molecule has 7 nitrogen and oxygen atoms in total. The number of pyridine rings is 1. The van der Waals surface area contributed by atoms with Crippen LogP contribution >= 0.6 is 0 Å². The molecule has 0 fully saturated rings. The first kappa shape index (κ1) is 16.7. The maximum atomic E-state index is 11.5. The Labute approximate surface area is 144 Å². The Morgan fingerprint density at radius 1 is 1.16 bits per heavy atom. The van der Waals surface area contributed by atoms with E-state index >= 15 is 0 Å². The molecule has 0 saturated carbocycles. The first-order valence-corrected chi connectivity index (χ1v) is 9.16. The summed E-state index contributed by atoms with van der Waals surface area (Å²) in [6.45, 7) is 1.74. The van der Waals surface area contributed by atoms with Gasteiger partial charge < -0.3 is 5.11 Å². The van der Waals surface area contributed by atoms with Gasteiger partial charge in [-0.15, -0.1) is 0 Å². The average molecular weight is 354 g/mol. The molecule has 25 heavy (non-hydrogen) atoms. The number of nitrogens with zero attached hydrogens (tertiary/aromatic N) is 4. The van der Waals surface area contributed by atoms with Crippen molar-refractivity contribution < 1.29 is 13.5 Å². The van der Waals surface area contributed by atoms with E-state index < -0.39 is 9.84 Å². The predicted molar refractivity (Wildman–Crippen MR) is 91.0 cm³/mol. The fourth-order valence-electron chi connectivity index (χ4n) is 2.44. The molecule has 0 atom stereocenters. The molecular formula is C17H14N4O3S. The summed E-state index contributed by atoms with van der Waals surface area (Å²) in [5.41, 5.74) is 2.34. The number of hydrogen-bond donors (Lipinski definition) is 1. The molecule has 0 unspecified atom stereocenters. The average Bonchev–Trinajstić information content (AvgIpc) is 2.89. The SMILES string of the molecule is Cc1nn(-c2ccc(S(C)(=O)=O)cn2)c(O)c1-c1ccc(C#N)cc1.